The van der Waals surface area contributed by atoms with Gasteiger partial charge in [-0.3, -0.25) is 9.59 Å². The first-order valence-corrected chi connectivity index (χ1v) is 7.83. The fourth-order valence-electron chi connectivity index (χ4n) is 2.62. The molecule has 2 amide bonds. The number of nitrogens with zero attached hydrogens (tertiary/aromatic N) is 1. The number of aliphatic carboxylic acids is 1. The molecule has 1 heterocycles. The third-order valence-corrected chi connectivity index (χ3v) is 3.91. The number of amides is 2. The maximum absolute atomic E-state index is 13.1. The predicted octanol–water partition coefficient (Wildman–Crippen LogP) is 2.67. The van der Waals surface area contributed by atoms with Gasteiger partial charge in [0.2, 0.25) is 12.3 Å². The Bertz CT molecular complexity index is 751. The highest BCUT2D eigenvalue weighted by Crippen LogP contribution is 2.34. The van der Waals surface area contributed by atoms with Crippen LogP contribution in [0.5, 0.6) is 0 Å². The molecule has 1 aromatic carbocycles. The average Bonchev–Trinajstić information content (AvgIpc) is 2.98. The van der Waals surface area contributed by atoms with Gasteiger partial charge in [0.25, 0.3) is 5.91 Å². The molecule has 0 spiro atoms. The third kappa shape index (κ3) is 5.14. The number of benzene rings is 1. The summed E-state index contributed by atoms with van der Waals surface area (Å²) in [5, 5.41) is 10.7. The number of carboxylic acid groups (broad SMARTS) is 1. The van der Waals surface area contributed by atoms with Crippen molar-refractivity contribution < 1.29 is 41.4 Å². The summed E-state index contributed by atoms with van der Waals surface area (Å²) in [6.07, 6.45) is -8.48. The summed E-state index contributed by atoms with van der Waals surface area (Å²) in [4.78, 5) is 36.0. The van der Waals surface area contributed by atoms with Crippen molar-refractivity contribution in [1.29, 1.82) is 0 Å². The van der Waals surface area contributed by atoms with E-state index in [0.717, 1.165) is 11.0 Å². The Labute approximate surface area is 149 Å². The molecule has 27 heavy (non-hydrogen) atoms. The lowest BCUT2D eigenvalue weighted by Gasteiger charge is -2.20. The molecule has 2 rings (SSSR count). The molecular weight excluding hydrogens is 379 g/mol. The van der Waals surface area contributed by atoms with Crippen molar-refractivity contribution in [2.75, 3.05) is 11.4 Å². The third-order valence-electron chi connectivity index (χ3n) is 3.91. The van der Waals surface area contributed by atoms with E-state index in [9.17, 15) is 36.3 Å². The molecule has 0 bridgehead atoms. The fraction of sp³-hybridized carbons (Fsp3) is 0.438. The molecule has 148 valence electrons. The van der Waals surface area contributed by atoms with Crippen LogP contribution in [0.15, 0.2) is 18.2 Å². The Morgan fingerprint density at radius 3 is 2.37 bits per heavy atom. The standard InChI is InChI=1S/C16H15F5N2O4/c17-12(18)7-11(15(26)27)22-14(25)8-4-9(16(19,20)21)6-10(5-8)23-3-1-2-13(23)24/h4-6,11-12H,1-3,7H2,(H,22,25)(H,26,27). The summed E-state index contributed by atoms with van der Waals surface area (Å²) in [7, 11) is 0. The highest BCUT2D eigenvalue weighted by molar-refractivity contribution is 6.00. The van der Waals surface area contributed by atoms with E-state index in [1.165, 1.54) is 0 Å². The van der Waals surface area contributed by atoms with E-state index in [2.05, 4.69) is 0 Å². The molecular formula is C16H15F5N2O4. The number of carbonyl (C=O) groups is 3. The van der Waals surface area contributed by atoms with Crippen molar-refractivity contribution in [1.82, 2.24) is 5.32 Å². The van der Waals surface area contributed by atoms with Crippen molar-refractivity contribution in [2.45, 2.75) is 37.9 Å². The first-order valence-electron chi connectivity index (χ1n) is 7.83. The SMILES string of the molecule is O=C(NC(CC(F)F)C(=O)O)c1cc(N2CCCC2=O)cc(C(F)(F)F)c1. The molecule has 0 aromatic heterocycles. The quantitative estimate of drug-likeness (QED) is 0.727. The molecule has 1 saturated heterocycles. The number of hydrogen-bond donors (Lipinski definition) is 2. The summed E-state index contributed by atoms with van der Waals surface area (Å²) >= 11 is 0. The Balaban J connectivity index is 2.37. The minimum Gasteiger partial charge on any atom is -0.480 e. The number of nitrogens with one attached hydrogen (secondary N) is 1. The molecule has 1 unspecified atom stereocenters. The lowest BCUT2D eigenvalue weighted by Crippen LogP contribution is -2.42. The number of carbonyl (C=O) groups excluding carboxylic acids is 2. The van der Waals surface area contributed by atoms with Crippen LogP contribution < -0.4 is 10.2 Å². The average molecular weight is 394 g/mol. The normalized spacial score (nSPS) is 15.9. The van der Waals surface area contributed by atoms with Crippen LogP contribution >= 0.6 is 0 Å². The van der Waals surface area contributed by atoms with Gasteiger partial charge in [-0.1, -0.05) is 0 Å². The number of carboxylic acids is 1. The van der Waals surface area contributed by atoms with Gasteiger partial charge >= 0.3 is 12.1 Å². The minimum atomic E-state index is -4.83. The summed E-state index contributed by atoms with van der Waals surface area (Å²) in [5.41, 5.74) is -1.97. The molecule has 6 nitrogen and oxygen atoms in total. The summed E-state index contributed by atoms with van der Waals surface area (Å²) in [6.45, 7) is 0.171. The van der Waals surface area contributed by atoms with Gasteiger partial charge in [-0.25, -0.2) is 13.6 Å². The zero-order chi connectivity index (χ0) is 20.4. The first kappa shape index (κ1) is 20.6. The van der Waals surface area contributed by atoms with Crippen molar-refractivity contribution >= 4 is 23.5 Å². The van der Waals surface area contributed by atoms with Gasteiger partial charge in [0.1, 0.15) is 6.04 Å². The largest absolute Gasteiger partial charge is 0.480 e. The van der Waals surface area contributed by atoms with E-state index in [4.69, 9.17) is 5.11 Å². The number of rotatable bonds is 6. The minimum absolute atomic E-state index is 0.146. The molecule has 1 fully saturated rings. The van der Waals surface area contributed by atoms with E-state index in [0.29, 0.717) is 18.6 Å². The highest BCUT2D eigenvalue weighted by Gasteiger charge is 2.34. The Morgan fingerprint density at radius 2 is 1.89 bits per heavy atom. The lowest BCUT2D eigenvalue weighted by atomic mass is 10.1. The van der Waals surface area contributed by atoms with E-state index in [-0.39, 0.29) is 18.7 Å². The lowest BCUT2D eigenvalue weighted by molar-refractivity contribution is -0.140. The monoisotopic (exact) mass is 394 g/mol. The molecule has 0 radical (unpaired) electrons. The second kappa shape index (κ2) is 7.89. The predicted molar refractivity (Wildman–Crippen MR) is 82.5 cm³/mol. The number of alkyl halides is 5. The number of halogens is 5. The Morgan fingerprint density at radius 1 is 1.22 bits per heavy atom. The topological polar surface area (TPSA) is 86.7 Å². The molecule has 0 saturated carbocycles. The van der Waals surface area contributed by atoms with Gasteiger partial charge in [0.15, 0.2) is 0 Å². The molecule has 1 atom stereocenters. The molecule has 0 aliphatic carbocycles. The molecule has 11 heteroatoms. The fourth-order valence-corrected chi connectivity index (χ4v) is 2.62. The van der Waals surface area contributed by atoms with Crippen LogP contribution in [0.3, 0.4) is 0 Å². The van der Waals surface area contributed by atoms with Crippen LogP contribution in [-0.4, -0.2) is 41.9 Å². The Hall–Kier alpha value is -2.72. The van der Waals surface area contributed by atoms with Crippen LogP contribution in [0, 0.1) is 0 Å². The maximum Gasteiger partial charge on any atom is 0.416 e. The maximum atomic E-state index is 13.1. The molecule has 1 aromatic rings. The van der Waals surface area contributed by atoms with Crippen LogP contribution in [0.2, 0.25) is 0 Å². The second-order valence-electron chi connectivity index (χ2n) is 5.91. The second-order valence-corrected chi connectivity index (χ2v) is 5.91. The molecule has 2 N–H and O–H groups in total. The van der Waals surface area contributed by atoms with E-state index < -0.39 is 54.0 Å². The van der Waals surface area contributed by atoms with E-state index >= 15 is 0 Å². The summed E-state index contributed by atoms with van der Waals surface area (Å²) in [6, 6.07) is 0.202. The van der Waals surface area contributed by atoms with E-state index in [1.54, 1.807) is 5.32 Å². The summed E-state index contributed by atoms with van der Waals surface area (Å²) in [5.74, 6) is -3.42. The summed E-state index contributed by atoms with van der Waals surface area (Å²) < 4.78 is 64.2. The zero-order valence-corrected chi connectivity index (χ0v) is 13.7. The van der Waals surface area contributed by atoms with Crippen LogP contribution in [0.4, 0.5) is 27.6 Å². The van der Waals surface area contributed by atoms with Crippen LogP contribution in [0.25, 0.3) is 0 Å². The van der Waals surface area contributed by atoms with Gasteiger partial charge in [-0.15, -0.1) is 0 Å². The molecule has 1 aliphatic rings. The van der Waals surface area contributed by atoms with Crippen molar-refractivity contribution in [3.05, 3.63) is 29.3 Å². The Kier molecular flexibility index (Phi) is 6.01. The van der Waals surface area contributed by atoms with Crippen molar-refractivity contribution in [2.24, 2.45) is 0 Å². The highest BCUT2D eigenvalue weighted by atomic mass is 19.4. The molecule has 1 aliphatic heterocycles. The van der Waals surface area contributed by atoms with Crippen LogP contribution in [-0.2, 0) is 15.8 Å². The van der Waals surface area contributed by atoms with Gasteiger partial charge in [0.05, 0.1) is 5.56 Å². The van der Waals surface area contributed by atoms with Crippen LogP contribution in [0.1, 0.15) is 35.2 Å². The number of anilines is 1. The van der Waals surface area contributed by atoms with Gasteiger partial charge < -0.3 is 15.3 Å². The van der Waals surface area contributed by atoms with Gasteiger partial charge in [-0.2, -0.15) is 13.2 Å². The zero-order valence-electron chi connectivity index (χ0n) is 13.7. The van der Waals surface area contributed by atoms with Gasteiger partial charge in [-0.05, 0) is 24.6 Å². The van der Waals surface area contributed by atoms with Gasteiger partial charge in [0, 0.05) is 30.6 Å². The van der Waals surface area contributed by atoms with E-state index in [1.807, 2.05) is 0 Å². The van der Waals surface area contributed by atoms with Crippen molar-refractivity contribution in [3.63, 3.8) is 0 Å². The van der Waals surface area contributed by atoms with Crippen molar-refractivity contribution in [3.8, 4) is 0 Å². The number of hydrogen-bond acceptors (Lipinski definition) is 3. The first-order chi connectivity index (χ1) is 12.5. The smallest absolute Gasteiger partial charge is 0.416 e.